The molecule has 1 amide bonds. The van der Waals surface area contributed by atoms with Crippen LogP contribution in [0.4, 0.5) is 35.3 Å². The van der Waals surface area contributed by atoms with Gasteiger partial charge >= 0.3 is 10.2 Å². The molecule has 1 heterocycles. The number of ether oxygens (including phenoxy) is 2. The second-order valence-corrected chi connectivity index (χ2v) is 10.2. The van der Waals surface area contributed by atoms with Crippen molar-refractivity contribution in [2.75, 3.05) is 24.3 Å². The van der Waals surface area contributed by atoms with E-state index >= 15 is 4.39 Å². The molecule has 3 aromatic rings. The second-order valence-electron chi connectivity index (χ2n) is 7.81. The molecule has 198 valence electrons. The van der Waals surface area contributed by atoms with Crippen molar-refractivity contribution in [2.45, 2.75) is 32.2 Å². The number of carbonyl (C=O) groups excluding carboxylic acids is 2. The summed E-state index contributed by atoms with van der Waals surface area (Å²) in [5, 5.41) is 2.07. The van der Waals surface area contributed by atoms with Crippen molar-refractivity contribution in [1.82, 2.24) is 4.57 Å². The number of benzene rings is 2. The molecule has 0 fully saturated rings. The summed E-state index contributed by atoms with van der Waals surface area (Å²) in [6.07, 6.45) is 1.27. The van der Waals surface area contributed by atoms with Crippen LogP contribution in [-0.4, -0.2) is 29.5 Å². The zero-order chi connectivity index (χ0) is 27.1. The number of nitrogens with two attached hydrogens (primary N) is 1. The molecule has 3 rings (SSSR count). The summed E-state index contributed by atoms with van der Waals surface area (Å²) >= 11 is 0. The van der Waals surface area contributed by atoms with E-state index in [0.717, 1.165) is 17.6 Å². The van der Waals surface area contributed by atoms with Crippen LogP contribution in [0.2, 0.25) is 0 Å². The van der Waals surface area contributed by atoms with Crippen LogP contribution >= 0.6 is 10.2 Å². The van der Waals surface area contributed by atoms with Crippen LogP contribution in [0.1, 0.15) is 31.1 Å². The molecule has 3 N–H and O–H groups in total. The fraction of sp³-hybridized carbons (Fsp3) is 0.273. The van der Waals surface area contributed by atoms with Crippen LogP contribution in [0.15, 0.2) is 35.4 Å². The average molecular weight is 539 g/mol. The lowest BCUT2D eigenvalue weighted by Crippen LogP contribution is -2.15. The lowest BCUT2D eigenvalue weighted by molar-refractivity contribution is -0.114. The zero-order valence-electron chi connectivity index (χ0n) is 19.3. The predicted octanol–water partition coefficient (Wildman–Crippen LogP) is 6.66. The normalized spacial score (nSPS) is 13.7. The Hall–Kier alpha value is -3.55. The Balaban J connectivity index is 2.09. The standard InChI is InChI=1S/C22H23F6N3O4S/c1-4-34-18-8-14-10-31(22(29)19(14)20(23)21(18)35-5-2)11-17(33)13-6-15(30-12(3)32)9-16(7-13)36(24,25,26,27)28/h6-10H,4-5,11,29H2,1-3H3,(H,30,32). The molecule has 1 aromatic heterocycles. The Morgan fingerprint density at radius 1 is 1.03 bits per heavy atom. The van der Waals surface area contributed by atoms with Gasteiger partial charge in [-0.25, -0.2) is 4.39 Å². The van der Waals surface area contributed by atoms with Gasteiger partial charge in [-0.3, -0.25) is 9.59 Å². The molecule has 0 saturated heterocycles. The Morgan fingerprint density at radius 3 is 2.22 bits per heavy atom. The van der Waals surface area contributed by atoms with E-state index in [1.54, 1.807) is 13.8 Å². The molecule has 0 unspecified atom stereocenters. The van der Waals surface area contributed by atoms with E-state index < -0.39 is 50.4 Å². The summed E-state index contributed by atoms with van der Waals surface area (Å²) in [6, 6.07) is 2.32. The van der Waals surface area contributed by atoms with Crippen LogP contribution in [0.3, 0.4) is 0 Å². The number of hydrogen-bond donors (Lipinski definition) is 2. The third kappa shape index (κ3) is 5.64. The number of ketones is 1. The highest BCUT2D eigenvalue weighted by molar-refractivity contribution is 8.45. The molecule has 14 heteroatoms. The van der Waals surface area contributed by atoms with Crippen LogP contribution in [-0.2, 0) is 11.3 Å². The van der Waals surface area contributed by atoms with Gasteiger partial charge in [0, 0.05) is 29.8 Å². The van der Waals surface area contributed by atoms with Crippen LogP contribution in [0.5, 0.6) is 11.5 Å². The highest BCUT2D eigenvalue weighted by atomic mass is 32.5. The first-order valence-electron chi connectivity index (χ1n) is 10.5. The summed E-state index contributed by atoms with van der Waals surface area (Å²) in [4.78, 5) is 21.8. The second kappa shape index (κ2) is 8.54. The van der Waals surface area contributed by atoms with Gasteiger partial charge in [0.05, 0.1) is 25.1 Å². The quantitative estimate of drug-likeness (QED) is 0.234. The number of rotatable bonds is 9. The average Bonchev–Trinajstić information content (AvgIpc) is 3.04. The van der Waals surface area contributed by atoms with Gasteiger partial charge in [0.15, 0.2) is 23.1 Å². The summed E-state index contributed by atoms with van der Waals surface area (Å²) in [6.45, 7) is 3.85. The van der Waals surface area contributed by atoms with E-state index in [1.165, 1.54) is 12.3 Å². The number of nitrogen functional groups attached to an aromatic ring is 1. The molecule has 7 nitrogen and oxygen atoms in total. The lowest BCUT2D eigenvalue weighted by Gasteiger charge is -2.40. The van der Waals surface area contributed by atoms with Crippen molar-refractivity contribution in [3.05, 3.63) is 41.8 Å². The van der Waals surface area contributed by atoms with E-state index in [4.69, 9.17) is 15.2 Å². The Bertz CT molecular complexity index is 1370. The smallest absolute Gasteiger partial charge is 0.310 e. The SMILES string of the molecule is CCOc1cc2cn(CC(=O)c3cc(NC(C)=O)cc(S(F)(F)(F)(F)F)c3)c(N)c2c(F)c1OCC. The van der Waals surface area contributed by atoms with Gasteiger partial charge in [-0.2, -0.15) is 0 Å². The first-order valence-corrected chi connectivity index (χ1v) is 12.5. The van der Waals surface area contributed by atoms with Gasteiger partial charge in [0.1, 0.15) is 10.7 Å². The molecule has 0 bridgehead atoms. The maximum atomic E-state index is 15.2. The molecule has 0 aliphatic carbocycles. The Kier molecular flexibility index (Phi) is 6.41. The van der Waals surface area contributed by atoms with Crippen molar-refractivity contribution in [2.24, 2.45) is 0 Å². The highest BCUT2D eigenvalue weighted by Gasteiger charge is 2.65. The van der Waals surface area contributed by atoms with Crippen LogP contribution in [0.25, 0.3) is 10.8 Å². The summed E-state index contributed by atoms with van der Waals surface area (Å²) in [7, 11) is -10.2. The molecule has 0 spiro atoms. The third-order valence-electron chi connectivity index (χ3n) is 4.98. The van der Waals surface area contributed by atoms with E-state index in [-0.39, 0.29) is 53.4 Å². The minimum atomic E-state index is -10.2. The maximum Gasteiger partial charge on any atom is 0.310 e. The molecular formula is C22H23F6N3O4S. The largest absolute Gasteiger partial charge is 0.490 e. The van der Waals surface area contributed by atoms with Crippen molar-refractivity contribution < 1.29 is 42.9 Å². The Morgan fingerprint density at radius 2 is 1.67 bits per heavy atom. The number of hydrogen-bond acceptors (Lipinski definition) is 5. The summed E-state index contributed by atoms with van der Waals surface area (Å²) < 4.78 is 94.3. The van der Waals surface area contributed by atoms with E-state index in [0.29, 0.717) is 0 Å². The number of nitrogens with zero attached hydrogens (tertiary/aromatic N) is 1. The van der Waals surface area contributed by atoms with Crippen molar-refractivity contribution in [3.8, 4) is 11.5 Å². The van der Waals surface area contributed by atoms with Gasteiger partial charge in [0.25, 0.3) is 0 Å². The van der Waals surface area contributed by atoms with E-state index in [2.05, 4.69) is 0 Å². The third-order valence-corrected chi connectivity index (χ3v) is 6.10. The summed E-state index contributed by atoms with van der Waals surface area (Å²) in [5.74, 6) is -3.11. The number of fused-ring (bicyclic) bond motifs is 1. The van der Waals surface area contributed by atoms with Gasteiger partial charge in [-0.05, 0) is 38.1 Å². The maximum absolute atomic E-state index is 15.2. The number of anilines is 2. The minimum Gasteiger partial charge on any atom is -0.490 e. The molecule has 2 aromatic carbocycles. The lowest BCUT2D eigenvalue weighted by atomic mass is 10.1. The summed E-state index contributed by atoms with van der Waals surface area (Å²) in [5.41, 5.74) is 4.62. The molecule has 0 atom stereocenters. The fourth-order valence-electron chi connectivity index (χ4n) is 3.55. The van der Waals surface area contributed by atoms with Gasteiger partial charge < -0.3 is 25.1 Å². The number of nitrogens with one attached hydrogen (secondary N) is 1. The number of halogens is 6. The number of Topliss-reactive ketones (excluding diaryl/α,β-unsaturated/α-hetero) is 1. The van der Waals surface area contributed by atoms with Gasteiger partial charge in [-0.15, -0.1) is 0 Å². The first kappa shape index (κ1) is 27.0. The molecule has 36 heavy (non-hydrogen) atoms. The number of aromatic nitrogens is 1. The number of amides is 1. The topological polar surface area (TPSA) is 95.6 Å². The van der Waals surface area contributed by atoms with Gasteiger partial charge in [0.2, 0.25) is 5.91 Å². The highest BCUT2D eigenvalue weighted by Crippen LogP contribution is 3.02. The van der Waals surface area contributed by atoms with E-state index in [9.17, 15) is 29.0 Å². The minimum absolute atomic E-state index is 0.00950. The molecule has 0 saturated carbocycles. The van der Waals surface area contributed by atoms with Crippen LogP contribution < -0.4 is 20.5 Å². The monoisotopic (exact) mass is 539 g/mol. The van der Waals surface area contributed by atoms with Crippen molar-refractivity contribution in [1.29, 1.82) is 0 Å². The first-order chi connectivity index (χ1) is 16.4. The molecule has 0 radical (unpaired) electrons. The fourth-order valence-corrected chi connectivity index (χ4v) is 4.25. The van der Waals surface area contributed by atoms with Crippen molar-refractivity contribution >= 4 is 44.2 Å². The van der Waals surface area contributed by atoms with E-state index in [1.807, 2.05) is 5.32 Å². The van der Waals surface area contributed by atoms with Crippen molar-refractivity contribution in [3.63, 3.8) is 0 Å². The number of carbonyl (C=O) groups is 2. The predicted molar refractivity (Wildman–Crippen MR) is 125 cm³/mol. The molecule has 0 aliphatic heterocycles. The van der Waals surface area contributed by atoms with Gasteiger partial charge in [-0.1, -0.05) is 19.4 Å². The van der Waals surface area contributed by atoms with Crippen LogP contribution in [0, 0.1) is 5.82 Å². The Labute approximate surface area is 201 Å². The molecule has 0 aliphatic rings. The zero-order valence-corrected chi connectivity index (χ0v) is 20.2. The molecular weight excluding hydrogens is 516 g/mol.